The number of fused-ring (bicyclic) bond motifs is 1. The topological polar surface area (TPSA) is 162 Å². The molecule has 0 aliphatic carbocycles. The molecule has 3 aromatic rings. The van der Waals surface area contributed by atoms with Crippen molar-refractivity contribution in [2.45, 2.75) is 11.8 Å². The predicted molar refractivity (Wildman–Crippen MR) is 105 cm³/mol. The average Bonchev–Trinajstić information content (AvgIpc) is 3.01. The Hall–Kier alpha value is -3.45. The standard InChI is InChI=1S/C16H12N4O7S2/c1-8-12(19(22)23)5-9(6-13(8)20(24)25)15(21)18-16-17-11-4-3-10(29(2,26)27)7-14(11)28-16/h3-7H,1-2H3,(H,17,18,21). The van der Waals surface area contributed by atoms with Gasteiger partial charge in [0.1, 0.15) is 5.56 Å². The Labute approximate surface area is 167 Å². The van der Waals surface area contributed by atoms with Gasteiger partial charge >= 0.3 is 0 Å². The molecule has 11 nitrogen and oxygen atoms in total. The number of nitrogens with one attached hydrogen (secondary N) is 1. The second-order valence-corrected chi connectivity index (χ2v) is 9.07. The highest BCUT2D eigenvalue weighted by Crippen LogP contribution is 2.31. The molecule has 0 spiro atoms. The molecule has 0 aliphatic heterocycles. The van der Waals surface area contributed by atoms with Crippen molar-refractivity contribution in [2.24, 2.45) is 0 Å². The van der Waals surface area contributed by atoms with E-state index in [2.05, 4.69) is 10.3 Å². The number of carbonyl (C=O) groups is 1. The van der Waals surface area contributed by atoms with Crippen LogP contribution in [0.15, 0.2) is 35.2 Å². The lowest BCUT2D eigenvalue weighted by Gasteiger charge is -2.04. The van der Waals surface area contributed by atoms with E-state index in [0.29, 0.717) is 10.2 Å². The highest BCUT2D eigenvalue weighted by molar-refractivity contribution is 7.90. The predicted octanol–water partition coefficient (Wildman–Crippen LogP) is 3.08. The number of carbonyl (C=O) groups excluding carboxylic acids is 1. The third kappa shape index (κ3) is 4.05. The molecule has 150 valence electrons. The molecule has 0 unspecified atom stereocenters. The Balaban J connectivity index is 1.98. The van der Waals surface area contributed by atoms with Gasteiger partial charge in [-0.05, 0) is 25.1 Å². The van der Waals surface area contributed by atoms with Gasteiger partial charge in [-0.3, -0.25) is 30.3 Å². The van der Waals surface area contributed by atoms with E-state index in [1.807, 2.05) is 0 Å². The Morgan fingerprint density at radius 1 is 1.10 bits per heavy atom. The van der Waals surface area contributed by atoms with E-state index >= 15 is 0 Å². The summed E-state index contributed by atoms with van der Waals surface area (Å²) in [5, 5.41) is 24.8. The lowest BCUT2D eigenvalue weighted by atomic mass is 10.1. The second-order valence-electron chi connectivity index (χ2n) is 6.03. The number of aromatic nitrogens is 1. The fourth-order valence-electron chi connectivity index (χ4n) is 2.55. The highest BCUT2D eigenvalue weighted by atomic mass is 32.2. The zero-order chi connectivity index (χ0) is 21.5. The van der Waals surface area contributed by atoms with Gasteiger partial charge in [0, 0.05) is 18.4 Å². The van der Waals surface area contributed by atoms with Gasteiger partial charge in [-0.15, -0.1) is 0 Å². The molecule has 0 saturated carbocycles. The number of amides is 1. The number of hydrogen-bond donors (Lipinski definition) is 1. The summed E-state index contributed by atoms with van der Waals surface area (Å²) in [6.45, 7) is 1.23. The Bertz CT molecular complexity index is 1260. The van der Waals surface area contributed by atoms with E-state index in [-0.39, 0.29) is 21.2 Å². The van der Waals surface area contributed by atoms with E-state index < -0.39 is 37.0 Å². The normalized spacial score (nSPS) is 11.4. The van der Waals surface area contributed by atoms with Gasteiger partial charge in [0.15, 0.2) is 15.0 Å². The van der Waals surface area contributed by atoms with Crippen LogP contribution in [-0.4, -0.2) is 35.4 Å². The van der Waals surface area contributed by atoms with Gasteiger partial charge in [-0.2, -0.15) is 0 Å². The van der Waals surface area contributed by atoms with Crippen LogP contribution in [0.25, 0.3) is 10.2 Å². The van der Waals surface area contributed by atoms with Crippen LogP contribution in [0.4, 0.5) is 16.5 Å². The number of thiazole rings is 1. The van der Waals surface area contributed by atoms with Crippen molar-refractivity contribution in [1.82, 2.24) is 4.98 Å². The summed E-state index contributed by atoms with van der Waals surface area (Å²) < 4.78 is 23.8. The number of rotatable bonds is 5. The lowest BCUT2D eigenvalue weighted by Crippen LogP contribution is -2.13. The number of nitrogens with zero attached hydrogens (tertiary/aromatic N) is 3. The molecule has 3 rings (SSSR count). The molecule has 1 amide bonds. The van der Waals surface area contributed by atoms with Crippen molar-refractivity contribution >= 4 is 53.8 Å². The summed E-state index contributed by atoms with van der Waals surface area (Å²) in [5.41, 5.74) is -1.09. The molecular formula is C16H12N4O7S2. The summed E-state index contributed by atoms with van der Waals surface area (Å²) >= 11 is 0.999. The quantitative estimate of drug-likeness (QED) is 0.471. The summed E-state index contributed by atoms with van der Waals surface area (Å²) in [6.07, 6.45) is 1.06. The minimum atomic E-state index is -3.42. The largest absolute Gasteiger partial charge is 0.298 e. The van der Waals surface area contributed by atoms with Gasteiger partial charge in [0.05, 0.1) is 30.5 Å². The maximum Gasteiger partial charge on any atom is 0.279 e. The van der Waals surface area contributed by atoms with E-state index in [4.69, 9.17) is 0 Å². The van der Waals surface area contributed by atoms with Crippen LogP contribution in [0.1, 0.15) is 15.9 Å². The van der Waals surface area contributed by atoms with Crippen LogP contribution in [-0.2, 0) is 9.84 Å². The van der Waals surface area contributed by atoms with E-state index in [1.54, 1.807) is 0 Å². The maximum atomic E-state index is 12.5. The van der Waals surface area contributed by atoms with Crippen LogP contribution in [0.3, 0.4) is 0 Å². The van der Waals surface area contributed by atoms with Crippen molar-refractivity contribution in [1.29, 1.82) is 0 Å². The first kappa shape index (κ1) is 20.3. The van der Waals surface area contributed by atoms with E-state index in [1.165, 1.54) is 25.1 Å². The molecule has 0 bridgehead atoms. The van der Waals surface area contributed by atoms with E-state index in [9.17, 15) is 33.4 Å². The third-order valence-corrected chi connectivity index (χ3v) is 6.06. The van der Waals surface area contributed by atoms with Crippen LogP contribution in [0.2, 0.25) is 0 Å². The Morgan fingerprint density at radius 3 is 2.21 bits per heavy atom. The van der Waals surface area contributed by atoms with Crippen LogP contribution >= 0.6 is 11.3 Å². The van der Waals surface area contributed by atoms with Crippen molar-refractivity contribution < 1.29 is 23.1 Å². The van der Waals surface area contributed by atoms with Crippen molar-refractivity contribution in [3.63, 3.8) is 0 Å². The monoisotopic (exact) mass is 436 g/mol. The Morgan fingerprint density at radius 2 is 1.69 bits per heavy atom. The summed E-state index contributed by atoms with van der Waals surface area (Å²) in [6, 6.07) is 6.19. The summed E-state index contributed by atoms with van der Waals surface area (Å²) in [4.78, 5) is 37.4. The minimum Gasteiger partial charge on any atom is -0.298 e. The van der Waals surface area contributed by atoms with Crippen molar-refractivity contribution in [2.75, 3.05) is 11.6 Å². The fraction of sp³-hybridized carbons (Fsp3) is 0.125. The summed E-state index contributed by atoms with van der Waals surface area (Å²) in [5.74, 6) is -0.821. The van der Waals surface area contributed by atoms with Crippen molar-refractivity contribution in [3.05, 3.63) is 61.7 Å². The average molecular weight is 436 g/mol. The molecular weight excluding hydrogens is 424 g/mol. The van der Waals surface area contributed by atoms with Crippen molar-refractivity contribution in [3.8, 4) is 0 Å². The zero-order valence-electron chi connectivity index (χ0n) is 14.9. The summed E-state index contributed by atoms with van der Waals surface area (Å²) in [7, 11) is -3.42. The molecule has 1 heterocycles. The number of benzene rings is 2. The molecule has 1 N–H and O–H groups in total. The SMILES string of the molecule is Cc1c([N+](=O)[O-])cc(C(=O)Nc2nc3ccc(S(C)(=O)=O)cc3s2)cc1[N+](=O)[O-]. The van der Waals surface area contributed by atoms with Gasteiger partial charge in [-0.1, -0.05) is 11.3 Å². The molecule has 29 heavy (non-hydrogen) atoms. The molecule has 0 atom stereocenters. The maximum absolute atomic E-state index is 12.5. The number of anilines is 1. The molecule has 1 aromatic heterocycles. The number of hydrogen-bond acceptors (Lipinski definition) is 9. The van der Waals surface area contributed by atoms with Crippen LogP contribution in [0, 0.1) is 27.2 Å². The minimum absolute atomic E-state index is 0.0938. The molecule has 2 aromatic carbocycles. The first-order valence-corrected chi connectivity index (χ1v) is 10.5. The van der Waals surface area contributed by atoms with Gasteiger partial charge in [-0.25, -0.2) is 13.4 Å². The van der Waals surface area contributed by atoms with E-state index in [0.717, 1.165) is 29.7 Å². The number of sulfone groups is 1. The second kappa shape index (κ2) is 7.18. The Kier molecular flexibility index (Phi) is 5.02. The third-order valence-electron chi connectivity index (χ3n) is 4.02. The molecule has 0 saturated heterocycles. The number of nitro benzene ring substituents is 2. The lowest BCUT2D eigenvalue weighted by molar-refractivity contribution is -0.395. The first-order chi connectivity index (χ1) is 13.5. The fourth-order valence-corrected chi connectivity index (χ4v) is 4.17. The molecule has 0 radical (unpaired) electrons. The molecule has 0 fully saturated rings. The zero-order valence-corrected chi connectivity index (χ0v) is 16.5. The van der Waals surface area contributed by atoms with Crippen LogP contribution < -0.4 is 5.32 Å². The van der Waals surface area contributed by atoms with Gasteiger partial charge in [0.2, 0.25) is 0 Å². The first-order valence-electron chi connectivity index (χ1n) is 7.83. The smallest absolute Gasteiger partial charge is 0.279 e. The molecule has 0 aliphatic rings. The van der Waals surface area contributed by atoms with Gasteiger partial charge in [0.25, 0.3) is 17.3 Å². The number of nitro groups is 2. The molecule has 13 heteroatoms. The van der Waals surface area contributed by atoms with Gasteiger partial charge < -0.3 is 0 Å². The highest BCUT2D eigenvalue weighted by Gasteiger charge is 2.25. The van der Waals surface area contributed by atoms with Crippen LogP contribution in [0.5, 0.6) is 0 Å².